The Bertz CT molecular complexity index is 299. The lowest BCUT2D eigenvalue weighted by Crippen LogP contribution is -2.45. The summed E-state index contributed by atoms with van der Waals surface area (Å²) in [5.41, 5.74) is 1.29. The normalized spacial score (nSPS) is 27.9. The van der Waals surface area contributed by atoms with Crippen molar-refractivity contribution in [1.82, 2.24) is 4.90 Å². The second-order valence-corrected chi connectivity index (χ2v) is 4.07. The van der Waals surface area contributed by atoms with E-state index in [1.54, 1.807) is 0 Å². The fourth-order valence-electron chi connectivity index (χ4n) is 2.29. The van der Waals surface area contributed by atoms with E-state index < -0.39 is 0 Å². The minimum Gasteiger partial charge on any atom is -0.371 e. The molecule has 1 saturated heterocycles. The molecule has 1 aromatic rings. The van der Waals surface area contributed by atoms with Gasteiger partial charge in [-0.3, -0.25) is 4.90 Å². The highest BCUT2D eigenvalue weighted by Gasteiger charge is 2.28. The van der Waals surface area contributed by atoms with Crippen molar-refractivity contribution in [2.75, 3.05) is 19.7 Å². The van der Waals surface area contributed by atoms with Crippen molar-refractivity contribution in [1.29, 1.82) is 0 Å². The minimum absolute atomic E-state index is 0.236. The van der Waals surface area contributed by atoms with Crippen LogP contribution in [0.5, 0.6) is 0 Å². The monoisotopic (exact) mass is 205 g/mol. The summed E-state index contributed by atoms with van der Waals surface area (Å²) in [5.74, 6) is 0. The zero-order valence-electron chi connectivity index (χ0n) is 9.52. The van der Waals surface area contributed by atoms with E-state index in [9.17, 15) is 0 Å². The average molecular weight is 205 g/mol. The summed E-state index contributed by atoms with van der Waals surface area (Å²) in [4.78, 5) is 2.47. The first-order valence-electron chi connectivity index (χ1n) is 5.73. The Labute approximate surface area is 91.9 Å². The molecule has 2 nitrogen and oxygen atoms in total. The standard InChI is InChI=1S/C13H19NO/c1-3-14-9-10-15-13(11(14)2)12-7-5-4-6-8-12/h4-8,11,13H,3,9-10H2,1-2H3. The van der Waals surface area contributed by atoms with Gasteiger partial charge in [0.25, 0.3) is 0 Å². The number of likely N-dealkylation sites (N-methyl/N-ethyl adjacent to an activating group) is 1. The zero-order valence-corrected chi connectivity index (χ0v) is 9.52. The van der Waals surface area contributed by atoms with Crippen LogP contribution in [-0.4, -0.2) is 30.6 Å². The van der Waals surface area contributed by atoms with Crippen LogP contribution >= 0.6 is 0 Å². The topological polar surface area (TPSA) is 12.5 Å². The number of nitrogens with zero attached hydrogens (tertiary/aromatic N) is 1. The van der Waals surface area contributed by atoms with Gasteiger partial charge in [0.15, 0.2) is 0 Å². The number of hydrogen-bond donors (Lipinski definition) is 0. The maximum absolute atomic E-state index is 5.87. The van der Waals surface area contributed by atoms with E-state index in [1.165, 1.54) is 5.56 Å². The van der Waals surface area contributed by atoms with Crippen molar-refractivity contribution >= 4 is 0 Å². The van der Waals surface area contributed by atoms with Gasteiger partial charge >= 0.3 is 0 Å². The Morgan fingerprint density at radius 1 is 1.33 bits per heavy atom. The van der Waals surface area contributed by atoms with Crippen LogP contribution in [0, 0.1) is 0 Å². The van der Waals surface area contributed by atoms with Gasteiger partial charge in [-0.25, -0.2) is 0 Å². The molecule has 0 radical (unpaired) electrons. The average Bonchev–Trinajstić information content (AvgIpc) is 2.30. The third kappa shape index (κ3) is 2.21. The molecule has 82 valence electrons. The third-order valence-electron chi connectivity index (χ3n) is 3.22. The van der Waals surface area contributed by atoms with E-state index in [4.69, 9.17) is 4.74 Å². The van der Waals surface area contributed by atoms with Crippen molar-refractivity contribution < 1.29 is 4.74 Å². The van der Waals surface area contributed by atoms with Gasteiger partial charge < -0.3 is 4.74 Å². The molecular formula is C13H19NO. The van der Waals surface area contributed by atoms with Crippen LogP contribution in [0.3, 0.4) is 0 Å². The van der Waals surface area contributed by atoms with E-state index in [0.29, 0.717) is 6.04 Å². The van der Waals surface area contributed by atoms with Crippen LogP contribution in [0.15, 0.2) is 30.3 Å². The fourth-order valence-corrected chi connectivity index (χ4v) is 2.29. The molecule has 2 atom stereocenters. The Balaban J connectivity index is 2.15. The number of morpholine rings is 1. The summed E-state index contributed by atoms with van der Waals surface area (Å²) in [6.07, 6.45) is 0.236. The van der Waals surface area contributed by atoms with Crippen LogP contribution in [0.4, 0.5) is 0 Å². The van der Waals surface area contributed by atoms with Crippen molar-refractivity contribution in [2.24, 2.45) is 0 Å². The number of hydrogen-bond acceptors (Lipinski definition) is 2. The Morgan fingerprint density at radius 3 is 2.73 bits per heavy atom. The van der Waals surface area contributed by atoms with Gasteiger partial charge in [-0.2, -0.15) is 0 Å². The molecule has 2 rings (SSSR count). The highest BCUT2D eigenvalue weighted by Crippen LogP contribution is 2.27. The molecule has 0 N–H and O–H groups in total. The molecular weight excluding hydrogens is 186 g/mol. The number of rotatable bonds is 2. The Kier molecular flexibility index (Phi) is 3.39. The van der Waals surface area contributed by atoms with E-state index in [0.717, 1.165) is 19.7 Å². The van der Waals surface area contributed by atoms with Gasteiger partial charge in [0, 0.05) is 12.6 Å². The highest BCUT2D eigenvalue weighted by atomic mass is 16.5. The maximum atomic E-state index is 5.87. The Morgan fingerprint density at radius 2 is 2.07 bits per heavy atom. The predicted molar refractivity (Wildman–Crippen MR) is 61.8 cm³/mol. The minimum atomic E-state index is 0.236. The Hall–Kier alpha value is -0.860. The summed E-state index contributed by atoms with van der Waals surface area (Å²) in [5, 5.41) is 0. The lowest BCUT2D eigenvalue weighted by Gasteiger charge is -2.38. The van der Waals surface area contributed by atoms with Gasteiger partial charge in [-0.05, 0) is 19.0 Å². The molecule has 0 spiro atoms. The second kappa shape index (κ2) is 4.77. The van der Waals surface area contributed by atoms with Crippen molar-refractivity contribution in [3.63, 3.8) is 0 Å². The molecule has 1 aliphatic rings. The first-order chi connectivity index (χ1) is 7.33. The maximum Gasteiger partial charge on any atom is 0.0977 e. The van der Waals surface area contributed by atoms with Crippen LogP contribution < -0.4 is 0 Å². The molecule has 1 aromatic carbocycles. The van der Waals surface area contributed by atoms with Gasteiger partial charge in [-0.15, -0.1) is 0 Å². The molecule has 1 aliphatic heterocycles. The van der Waals surface area contributed by atoms with E-state index in [1.807, 2.05) is 0 Å². The van der Waals surface area contributed by atoms with Crippen LogP contribution in [0.2, 0.25) is 0 Å². The lowest BCUT2D eigenvalue weighted by atomic mass is 10.0. The van der Waals surface area contributed by atoms with Crippen molar-refractivity contribution in [3.8, 4) is 0 Å². The molecule has 0 bridgehead atoms. The predicted octanol–water partition coefficient (Wildman–Crippen LogP) is 2.47. The first-order valence-corrected chi connectivity index (χ1v) is 5.73. The van der Waals surface area contributed by atoms with Gasteiger partial charge in [0.05, 0.1) is 12.7 Å². The number of benzene rings is 1. The largest absolute Gasteiger partial charge is 0.371 e. The highest BCUT2D eigenvalue weighted by molar-refractivity contribution is 5.19. The summed E-state index contributed by atoms with van der Waals surface area (Å²) < 4.78 is 5.87. The van der Waals surface area contributed by atoms with E-state index >= 15 is 0 Å². The van der Waals surface area contributed by atoms with E-state index in [-0.39, 0.29) is 6.10 Å². The van der Waals surface area contributed by atoms with Crippen LogP contribution in [0.1, 0.15) is 25.5 Å². The molecule has 1 fully saturated rings. The van der Waals surface area contributed by atoms with Gasteiger partial charge in [0.2, 0.25) is 0 Å². The summed E-state index contributed by atoms with van der Waals surface area (Å²) in [7, 11) is 0. The second-order valence-electron chi connectivity index (χ2n) is 4.07. The SMILES string of the molecule is CCN1CCOC(c2ccccc2)C1C. The molecule has 0 aliphatic carbocycles. The summed E-state index contributed by atoms with van der Waals surface area (Å²) in [6.45, 7) is 7.47. The fraction of sp³-hybridized carbons (Fsp3) is 0.538. The van der Waals surface area contributed by atoms with E-state index in [2.05, 4.69) is 49.1 Å². The molecule has 0 aromatic heterocycles. The molecule has 1 heterocycles. The quantitative estimate of drug-likeness (QED) is 0.735. The lowest BCUT2D eigenvalue weighted by molar-refractivity contribution is -0.0650. The molecule has 2 unspecified atom stereocenters. The smallest absolute Gasteiger partial charge is 0.0977 e. The molecule has 2 heteroatoms. The van der Waals surface area contributed by atoms with Crippen LogP contribution in [0.25, 0.3) is 0 Å². The van der Waals surface area contributed by atoms with Crippen molar-refractivity contribution in [2.45, 2.75) is 26.0 Å². The number of ether oxygens (including phenoxy) is 1. The first kappa shape index (κ1) is 10.7. The summed E-state index contributed by atoms with van der Waals surface area (Å²) in [6, 6.07) is 11.0. The van der Waals surface area contributed by atoms with Gasteiger partial charge in [0.1, 0.15) is 0 Å². The van der Waals surface area contributed by atoms with Crippen molar-refractivity contribution in [3.05, 3.63) is 35.9 Å². The zero-order chi connectivity index (χ0) is 10.7. The molecule has 0 amide bonds. The van der Waals surface area contributed by atoms with Gasteiger partial charge in [-0.1, -0.05) is 37.3 Å². The molecule has 0 saturated carbocycles. The molecule has 15 heavy (non-hydrogen) atoms. The summed E-state index contributed by atoms with van der Waals surface area (Å²) >= 11 is 0. The third-order valence-corrected chi connectivity index (χ3v) is 3.22. The van der Waals surface area contributed by atoms with Crippen LogP contribution in [-0.2, 0) is 4.74 Å².